The summed E-state index contributed by atoms with van der Waals surface area (Å²) in [5.74, 6) is 1.40. The van der Waals surface area contributed by atoms with Crippen LogP contribution in [-0.2, 0) is 11.3 Å². The fraction of sp³-hybridized carbons (Fsp3) is 0.526. The number of oxazole rings is 1. The number of aliphatic hydroxyl groups is 1. The maximum absolute atomic E-state index is 9.86. The molecule has 0 radical (unpaired) electrons. The van der Waals surface area contributed by atoms with Gasteiger partial charge in [0.05, 0.1) is 12.3 Å². The van der Waals surface area contributed by atoms with E-state index in [4.69, 9.17) is 20.8 Å². The van der Waals surface area contributed by atoms with Crippen LogP contribution in [0, 0.1) is 12.3 Å². The summed E-state index contributed by atoms with van der Waals surface area (Å²) in [6, 6.07) is 7.51. The van der Waals surface area contributed by atoms with Gasteiger partial charge in [0.25, 0.3) is 0 Å². The Morgan fingerprint density at radius 2 is 2.08 bits per heavy atom. The molecular formula is C19H25ClN2O3. The number of aryl methyl sites for hydroxylation is 1. The molecule has 0 bridgehead atoms. The van der Waals surface area contributed by atoms with Crippen LogP contribution in [0.4, 0.5) is 0 Å². The SMILES string of the molecule is Cc1oc(-c2cccc(Cl)c2)nc1CN(C)CC1(CO)CCOCC1. The minimum Gasteiger partial charge on any atom is -0.441 e. The summed E-state index contributed by atoms with van der Waals surface area (Å²) in [7, 11) is 2.06. The van der Waals surface area contributed by atoms with Crippen molar-refractivity contribution in [2.45, 2.75) is 26.3 Å². The van der Waals surface area contributed by atoms with Crippen molar-refractivity contribution in [1.29, 1.82) is 0 Å². The molecule has 5 nitrogen and oxygen atoms in total. The van der Waals surface area contributed by atoms with Crippen LogP contribution in [0.5, 0.6) is 0 Å². The van der Waals surface area contributed by atoms with E-state index in [0.717, 1.165) is 49.6 Å². The average molecular weight is 365 g/mol. The quantitative estimate of drug-likeness (QED) is 0.849. The third-order valence-corrected chi connectivity index (χ3v) is 5.11. The zero-order valence-corrected chi connectivity index (χ0v) is 15.6. The Bertz CT molecular complexity index is 710. The second kappa shape index (κ2) is 7.87. The molecule has 2 heterocycles. The number of aromatic nitrogens is 1. The fourth-order valence-corrected chi connectivity index (χ4v) is 3.56. The van der Waals surface area contributed by atoms with E-state index < -0.39 is 0 Å². The van der Waals surface area contributed by atoms with E-state index in [-0.39, 0.29) is 12.0 Å². The smallest absolute Gasteiger partial charge is 0.226 e. The molecule has 3 rings (SSSR count). The van der Waals surface area contributed by atoms with Gasteiger partial charge in [0.2, 0.25) is 5.89 Å². The van der Waals surface area contributed by atoms with Crippen molar-refractivity contribution in [2.75, 3.05) is 33.4 Å². The van der Waals surface area contributed by atoms with Gasteiger partial charge in [-0.2, -0.15) is 0 Å². The molecule has 1 N–H and O–H groups in total. The van der Waals surface area contributed by atoms with Crippen molar-refractivity contribution in [2.24, 2.45) is 5.41 Å². The molecule has 136 valence electrons. The molecular weight excluding hydrogens is 340 g/mol. The van der Waals surface area contributed by atoms with Crippen molar-refractivity contribution in [3.63, 3.8) is 0 Å². The van der Waals surface area contributed by atoms with Crippen molar-refractivity contribution in [3.05, 3.63) is 40.7 Å². The number of aliphatic hydroxyl groups excluding tert-OH is 1. The molecule has 2 aromatic rings. The summed E-state index contributed by atoms with van der Waals surface area (Å²) in [6.07, 6.45) is 1.78. The second-order valence-electron chi connectivity index (χ2n) is 6.98. The number of nitrogens with zero attached hydrogens (tertiary/aromatic N) is 2. The highest BCUT2D eigenvalue weighted by molar-refractivity contribution is 6.30. The lowest BCUT2D eigenvalue weighted by atomic mass is 9.80. The zero-order valence-electron chi connectivity index (χ0n) is 14.8. The molecule has 0 spiro atoms. The Kier molecular flexibility index (Phi) is 5.79. The molecule has 1 aromatic heterocycles. The van der Waals surface area contributed by atoms with E-state index in [1.165, 1.54) is 0 Å². The number of ether oxygens (including phenoxy) is 1. The first-order valence-electron chi connectivity index (χ1n) is 8.61. The highest BCUT2D eigenvalue weighted by Gasteiger charge is 2.33. The van der Waals surface area contributed by atoms with Crippen LogP contribution in [0.3, 0.4) is 0 Å². The Balaban J connectivity index is 1.70. The lowest BCUT2D eigenvalue weighted by Crippen LogP contribution is -2.42. The monoisotopic (exact) mass is 364 g/mol. The van der Waals surface area contributed by atoms with E-state index in [1.807, 2.05) is 31.2 Å². The van der Waals surface area contributed by atoms with Crippen LogP contribution < -0.4 is 0 Å². The first kappa shape index (κ1) is 18.4. The average Bonchev–Trinajstić information content (AvgIpc) is 2.96. The van der Waals surface area contributed by atoms with E-state index in [0.29, 0.717) is 17.5 Å². The van der Waals surface area contributed by atoms with E-state index in [9.17, 15) is 5.11 Å². The third-order valence-electron chi connectivity index (χ3n) is 4.88. The maximum Gasteiger partial charge on any atom is 0.226 e. The molecule has 1 aliphatic rings. The summed E-state index contributed by atoms with van der Waals surface area (Å²) in [5, 5.41) is 10.5. The van der Waals surface area contributed by atoms with Crippen LogP contribution >= 0.6 is 11.6 Å². The van der Waals surface area contributed by atoms with Crippen molar-refractivity contribution < 1.29 is 14.3 Å². The van der Waals surface area contributed by atoms with Crippen LogP contribution in [-0.4, -0.2) is 48.4 Å². The van der Waals surface area contributed by atoms with Gasteiger partial charge in [0, 0.05) is 42.3 Å². The van der Waals surface area contributed by atoms with Gasteiger partial charge < -0.3 is 14.3 Å². The Labute approximate surface area is 153 Å². The van der Waals surface area contributed by atoms with Gasteiger partial charge in [0.1, 0.15) is 5.76 Å². The Hall–Kier alpha value is -1.40. The van der Waals surface area contributed by atoms with Crippen molar-refractivity contribution in [1.82, 2.24) is 9.88 Å². The topological polar surface area (TPSA) is 58.7 Å². The lowest BCUT2D eigenvalue weighted by Gasteiger charge is -2.38. The molecule has 1 saturated heterocycles. The lowest BCUT2D eigenvalue weighted by molar-refractivity contribution is -0.0319. The molecule has 0 saturated carbocycles. The maximum atomic E-state index is 9.86. The molecule has 0 aliphatic carbocycles. The first-order chi connectivity index (χ1) is 12.0. The zero-order chi connectivity index (χ0) is 17.9. The van der Waals surface area contributed by atoms with Crippen molar-refractivity contribution in [3.8, 4) is 11.5 Å². The normalized spacial score (nSPS) is 17.2. The van der Waals surface area contributed by atoms with Gasteiger partial charge in [-0.25, -0.2) is 4.98 Å². The predicted octanol–water partition coefficient (Wildman–Crippen LogP) is 3.52. The van der Waals surface area contributed by atoms with E-state index in [2.05, 4.69) is 16.9 Å². The molecule has 0 amide bonds. The fourth-order valence-electron chi connectivity index (χ4n) is 3.37. The Morgan fingerprint density at radius 1 is 1.32 bits per heavy atom. The predicted molar refractivity (Wildman–Crippen MR) is 97.6 cm³/mol. The van der Waals surface area contributed by atoms with Crippen molar-refractivity contribution >= 4 is 11.6 Å². The highest BCUT2D eigenvalue weighted by atomic mass is 35.5. The second-order valence-corrected chi connectivity index (χ2v) is 7.41. The highest BCUT2D eigenvalue weighted by Crippen LogP contribution is 2.31. The van der Waals surface area contributed by atoms with E-state index >= 15 is 0 Å². The van der Waals surface area contributed by atoms with Gasteiger partial charge in [0.15, 0.2) is 0 Å². The summed E-state index contributed by atoms with van der Waals surface area (Å²) in [6.45, 7) is 5.05. The third kappa shape index (κ3) is 4.42. The number of hydrogen-bond acceptors (Lipinski definition) is 5. The minimum atomic E-state index is -0.0829. The Morgan fingerprint density at radius 3 is 2.76 bits per heavy atom. The standard InChI is InChI=1S/C19H25ClN2O3/c1-14-17(21-18(25-14)15-4-3-5-16(20)10-15)11-22(2)12-19(13-23)6-8-24-9-7-19/h3-5,10,23H,6-9,11-13H2,1-2H3. The van der Waals surface area contributed by atoms with Crippen LogP contribution in [0.2, 0.25) is 5.02 Å². The number of halogens is 1. The molecule has 0 unspecified atom stereocenters. The molecule has 6 heteroatoms. The molecule has 1 aromatic carbocycles. The van der Waals surface area contributed by atoms with Gasteiger partial charge >= 0.3 is 0 Å². The van der Waals surface area contributed by atoms with Gasteiger partial charge in [-0.05, 0) is 45.0 Å². The molecule has 1 aliphatic heterocycles. The van der Waals surface area contributed by atoms with Crippen LogP contribution in [0.15, 0.2) is 28.7 Å². The molecule has 0 atom stereocenters. The number of hydrogen-bond donors (Lipinski definition) is 1. The van der Waals surface area contributed by atoms with Gasteiger partial charge in [-0.3, -0.25) is 4.90 Å². The number of rotatable bonds is 6. The summed E-state index contributed by atoms with van der Waals surface area (Å²) < 4.78 is 11.3. The molecule has 25 heavy (non-hydrogen) atoms. The largest absolute Gasteiger partial charge is 0.441 e. The summed E-state index contributed by atoms with van der Waals surface area (Å²) >= 11 is 6.05. The van der Waals surface area contributed by atoms with E-state index in [1.54, 1.807) is 0 Å². The first-order valence-corrected chi connectivity index (χ1v) is 8.98. The van der Waals surface area contributed by atoms with Gasteiger partial charge in [-0.1, -0.05) is 17.7 Å². The number of benzene rings is 1. The summed E-state index contributed by atoms with van der Waals surface area (Å²) in [4.78, 5) is 6.85. The van der Waals surface area contributed by atoms with Crippen LogP contribution in [0.1, 0.15) is 24.3 Å². The minimum absolute atomic E-state index is 0.0829. The van der Waals surface area contributed by atoms with Gasteiger partial charge in [-0.15, -0.1) is 0 Å². The molecule has 1 fully saturated rings. The summed E-state index contributed by atoms with van der Waals surface area (Å²) in [5.41, 5.74) is 1.71. The van der Waals surface area contributed by atoms with Crippen LogP contribution in [0.25, 0.3) is 11.5 Å².